The van der Waals surface area contributed by atoms with Gasteiger partial charge in [0.25, 0.3) is 0 Å². The Labute approximate surface area is 118 Å². The molecule has 2 rings (SSSR count). The number of nitrogens with zero attached hydrogens (tertiary/aromatic N) is 1. The summed E-state index contributed by atoms with van der Waals surface area (Å²) in [6.45, 7) is 3.98. The molecule has 0 bridgehead atoms. The average Bonchev–Trinajstić information content (AvgIpc) is 2.41. The van der Waals surface area contributed by atoms with E-state index in [-0.39, 0.29) is 0 Å². The molecule has 0 fully saturated rings. The van der Waals surface area contributed by atoms with Crippen molar-refractivity contribution in [2.75, 3.05) is 18.2 Å². The van der Waals surface area contributed by atoms with Crippen molar-refractivity contribution in [3.05, 3.63) is 47.0 Å². The predicted molar refractivity (Wildman–Crippen MR) is 81.3 cm³/mol. The maximum atomic E-state index is 8.94. The third-order valence-electron chi connectivity index (χ3n) is 3.13. The van der Waals surface area contributed by atoms with Gasteiger partial charge in [0.15, 0.2) is 0 Å². The number of nitriles is 1. The van der Waals surface area contributed by atoms with Crippen LogP contribution in [0.5, 0.6) is 5.75 Å². The van der Waals surface area contributed by atoms with E-state index in [1.165, 1.54) is 0 Å². The fourth-order valence-electron chi connectivity index (χ4n) is 2.23. The topological polar surface area (TPSA) is 71.1 Å². The Balaban J connectivity index is 2.38. The van der Waals surface area contributed by atoms with Crippen LogP contribution in [-0.2, 0) is 0 Å². The van der Waals surface area contributed by atoms with Crippen LogP contribution in [0.4, 0.5) is 17.1 Å². The van der Waals surface area contributed by atoms with Gasteiger partial charge in [-0.1, -0.05) is 0 Å². The Morgan fingerprint density at radius 1 is 1.15 bits per heavy atom. The molecule has 3 N–H and O–H groups in total. The first-order valence-corrected chi connectivity index (χ1v) is 6.27. The summed E-state index contributed by atoms with van der Waals surface area (Å²) in [6, 6.07) is 11.3. The molecular weight excluding hydrogens is 250 g/mol. The summed E-state index contributed by atoms with van der Waals surface area (Å²) in [5.74, 6) is 0.884. The van der Waals surface area contributed by atoms with Gasteiger partial charge >= 0.3 is 0 Å². The number of nitrogen functional groups attached to an aromatic ring is 1. The highest BCUT2D eigenvalue weighted by Crippen LogP contribution is 2.30. The fourth-order valence-corrected chi connectivity index (χ4v) is 2.23. The van der Waals surface area contributed by atoms with Crippen LogP contribution in [0.3, 0.4) is 0 Å². The second-order valence-corrected chi connectivity index (χ2v) is 4.68. The number of hydrogen-bond donors (Lipinski definition) is 2. The van der Waals surface area contributed by atoms with Crippen LogP contribution in [0, 0.1) is 25.2 Å². The number of nitrogens with one attached hydrogen (secondary N) is 1. The van der Waals surface area contributed by atoms with Gasteiger partial charge in [0, 0.05) is 5.69 Å². The highest BCUT2D eigenvalue weighted by molar-refractivity contribution is 5.75. The molecule has 0 amide bonds. The van der Waals surface area contributed by atoms with Crippen molar-refractivity contribution < 1.29 is 4.74 Å². The molecule has 2 aromatic carbocycles. The molecule has 102 valence electrons. The maximum Gasteiger partial charge on any atom is 0.124 e. The molecule has 0 aliphatic carbocycles. The summed E-state index contributed by atoms with van der Waals surface area (Å²) in [7, 11) is 1.66. The highest BCUT2D eigenvalue weighted by Gasteiger charge is 2.07. The molecular formula is C16H17N3O. The van der Waals surface area contributed by atoms with E-state index in [1.807, 2.05) is 26.0 Å². The van der Waals surface area contributed by atoms with E-state index in [1.54, 1.807) is 25.3 Å². The van der Waals surface area contributed by atoms with E-state index in [4.69, 9.17) is 15.7 Å². The lowest BCUT2D eigenvalue weighted by molar-refractivity contribution is 0.408. The average molecular weight is 267 g/mol. The lowest BCUT2D eigenvalue weighted by Gasteiger charge is -2.14. The molecule has 0 saturated heterocycles. The summed E-state index contributed by atoms with van der Waals surface area (Å²) in [5.41, 5.74) is 10.8. The zero-order valence-corrected chi connectivity index (χ0v) is 11.8. The highest BCUT2D eigenvalue weighted by atomic mass is 16.5. The molecule has 0 heterocycles. The molecule has 0 atom stereocenters. The van der Waals surface area contributed by atoms with Gasteiger partial charge in [-0.3, -0.25) is 0 Å². The Kier molecular flexibility index (Phi) is 3.81. The van der Waals surface area contributed by atoms with Crippen LogP contribution in [0.25, 0.3) is 0 Å². The van der Waals surface area contributed by atoms with E-state index >= 15 is 0 Å². The van der Waals surface area contributed by atoms with Crippen LogP contribution in [0.1, 0.15) is 16.7 Å². The molecule has 0 saturated carbocycles. The number of anilines is 3. The zero-order valence-electron chi connectivity index (χ0n) is 11.8. The number of aryl methyl sites for hydroxylation is 2. The minimum absolute atomic E-state index is 0.573. The van der Waals surface area contributed by atoms with Crippen LogP contribution in [0.2, 0.25) is 0 Å². The van der Waals surface area contributed by atoms with Gasteiger partial charge in [-0.05, 0) is 55.3 Å². The number of hydrogen-bond acceptors (Lipinski definition) is 4. The zero-order chi connectivity index (χ0) is 14.7. The summed E-state index contributed by atoms with van der Waals surface area (Å²) < 4.78 is 5.35. The Morgan fingerprint density at radius 2 is 1.80 bits per heavy atom. The Bertz CT molecular complexity index is 664. The number of rotatable bonds is 3. The van der Waals surface area contributed by atoms with Gasteiger partial charge in [-0.15, -0.1) is 0 Å². The molecule has 0 spiro atoms. The molecule has 0 aliphatic heterocycles. The van der Waals surface area contributed by atoms with Crippen LogP contribution >= 0.6 is 0 Å². The standard InChI is InChI=1S/C16H17N3O/c1-10-6-13(7-11(2)16(10)20-3)19-15-8-12(9-17)4-5-14(15)18/h4-8,19H,18H2,1-3H3. The molecule has 0 unspecified atom stereocenters. The fraction of sp³-hybridized carbons (Fsp3) is 0.188. The van der Waals surface area contributed by atoms with Crippen molar-refractivity contribution in [2.45, 2.75) is 13.8 Å². The number of benzene rings is 2. The molecule has 0 aliphatic rings. The van der Waals surface area contributed by atoms with Crippen LogP contribution in [0.15, 0.2) is 30.3 Å². The van der Waals surface area contributed by atoms with Gasteiger partial charge in [0.05, 0.1) is 30.1 Å². The molecule has 0 radical (unpaired) electrons. The Morgan fingerprint density at radius 3 is 2.35 bits per heavy atom. The second-order valence-electron chi connectivity index (χ2n) is 4.68. The van der Waals surface area contributed by atoms with E-state index in [9.17, 15) is 0 Å². The lowest BCUT2D eigenvalue weighted by atomic mass is 10.1. The summed E-state index contributed by atoms with van der Waals surface area (Å²) in [6.07, 6.45) is 0. The number of methoxy groups -OCH3 is 1. The van der Waals surface area contributed by atoms with Crippen LogP contribution < -0.4 is 15.8 Å². The molecule has 20 heavy (non-hydrogen) atoms. The first-order valence-electron chi connectivity index (χ1n) is 6.27. The van der Waals surface area contributed by atoms with Crippen molar-refractivity contribution in [2.24, 2.45) is 0 Å². The largest absolute Gasteiger partial charge is 0.496 e. The quantitative estimate of drug-likeness (QED) is 0.835. The first-order chi connectivity index (χ1) is 9.55. The van der Waals surface area contributed by atoms with Gasteiger partial charge in [-0.2, -0.15) is 5.26 Å². The molecule has 4 nitrogen and oxygen atoms in total. The third kappa shape index (κ3) is 2.67. The van der Waals surface area contributed by atoms with E-state index in [2.05, 4.69) is 11.4 Å². The van der Waals surface area contributed by atoms with Gasteiger partial charge in [0.1, 0.15) is 5.75 Å². The van der Waals surface area contributed by atoms with Crippen molar-refractivity contribution in [3.8, 4) is 11.8 Å². The third-order valence-corrected chi connectivity index (χ3v) is 3.13. The van der Waals surface area contributed by atoms with Crippen molar-refractivity contribution in [3.63, 3.8) is 0 Å². The van der Waals surface area contributed by atoms with E-state index < -0.39 is 0 Å². The predicted octanol–water partition coefficient (Wildman–Crippen LogP) is 3.51. The number of nitrogens with two attached hydrogens (primary N) is 1. The minimum atomic E-state index is 0.573. The monoisotopic (exact) mass is 267 g/mol. The smallest absolute Gasteiger partial charge is 0.124 e. The Hall–Kier alpha value is -2.67. The van der Waals surface area contributed by atoms with Crippen LogP contribution in [-0.4, -0.2) is 7.11 Å². The number of ether oxygens (including phenoxy) is 1. The van der Waals surface area contributed by atoms with Gasteiger partial charge < -0.3 is 15.8 Å². The van der Waals surface area contributed by atoms with Gasteiger partial charge in [0.2, 0.25) is 0 Å². The molecule has 4 heteroatoms. The van der Waals surface area contributed by atoms with E-state index in [0.29, 0.717) is 11.3 Å². The molecule has 0 aromatic heterocycles. The minimum Gasteiger partial charge on any atom is -0.496 e. The summed E-state index contributed by atoms with van der Waals surface area (Å²) >= 11 is 0. The van der Waals surface area contributed by atoms with Gasteiger partial charge in [-0.25, -0.2) is 0 Å². The maximum absolute atomic E-state index is 8.94. The SMILES string of the molecule is COc1c(C)cc(Nc2cc(C#N)ccc2N)cc1C. The molecule has 2 aromatic rings. The van der Waals surface area contributed by atoms with E-state index in [0.717, 1.165) is 28.3 Å². The lowest BCUT2D eigenvalue weighted by Crippen LogP contribution is -1.99. The van der Waals surface area contributed by atoms with Crippen molar-refractivity contribution in [1.82, 2.24) is 0 Å². The normalized spacial score (nSPS) is 9.90. The second kappa shape index (κ2) is 5.54. The first kappa shape index (κ1) is 13.8. The van der Waals surface area contributed by atoms with Crippen molar-refractivity contribution in [1.29, 1.82) is 5.26 Å². The van der Waals surface area contributed by atoms with Crippen molar-refractivity contribution >= 4 is 17.1 Å². The summed E-state index contributed by atoms with van der Waals surface area (Å²) in [5, 5.41) is 12.2. The summed E-state index contributed by atoms with van der Waals surface area (Å²) in [4.78, 5) is 0.